The Labute approximate surface area is 126 Å². The lowest BCUT2D eigenvalue weighted by Gasteiger charge is -2.18. The number of carbonyl (C=O) groups excluding carboxylic acids is 1. The zero-order valence-corrected chi connectivity index (χ0v) is 12.7. The predicted octanol–water partition coefficient (Wildman–Crippen LogP) is 2.86. The number of carbonyl (C=O) groups is 1. The van der Waals surface area contributed by atoms with Crippen molar-refractivity contribution in [3.63, 3.8) is 0 Å². The Bertz CT molecular complexity index is 595. The van der Waals surface area contributed by atoms with Gasteiger partial charge in [-0.1, -0.05) is 34.8 Å². The number of nitrogens with zero attached hydrogens (tertiary/aromatic N) is 1. The van der Waals surface area contributed by atoms with Crippen LogP contribution >= 0.6 is 34.8 Å². The van der Waals surface area contributed by atoms with Crippen LogP contribution in [0.5, 0.6) is 0 Å². The first-order valence-electron chi connectivity index (χ1n) is 5.46. The van der Waals surface area contributed by atoms with Gasteiger partial charge in [0.1, 0.15) is 11.2 Å². The third-order valence-corrected chi connectivity index (χ3v) is 5.95. The molecule has 0 aliphatic carbocycles. The topological polar surface area (TPSA) is 54.5 Å². The standard InChI is InChI=1S/C11H10Cl3NO3S/c12-8-3-9(13)11(10(14)4-8)19(17,18)15-2-1-7(5-15)6-16/h3-4,6-7H,1-2,5H2. The van der Waals surface area contributed by atoms with Crippen LogP contribution in [0.1, 0.15) is 6.42 Å². The Balaban J connectivity index is 2.44. The van der Waals surface area contributed by atoms with Gasteiger partial charge in [-0.25, -0.2) is 8.42 Å². The highest BCUT2D eigenvalue weighted by molar-refractivity contribution is 7.89. The monoisotopic (exact) mass is 341 g/mol. The van der Waals surface area contributed by atoms with Crippen LogP contribution in [0.15, 0.2) is 17.0 Å². The second-order valence-electron chi connectivity index (χ2n) is 4.25. The molecule has 1 unspecified atom stereocenters. The van der Waals surface area contributed by atoms with Gasteiger partial charge in [0.05, 0.1) is 10.0 Å². The van der Waals surface area contributed by atoms with E-state index in [0.717, 1.165) is 6.29 Å². The smallest absolute Gasteiger partial charge is 0.246 e. The lowest BCUT2D eigenvalue weighted by molar-refractivity contribution is -0.110. The maximum atomic E-state index is 12.4. The molecule has 19 heavy (non-hydrogen) atoms. The van der Waals surface area contributed by atoms with Crippen molar-refractivity contribution in [1.29, 1.82) is 0 Å². The first kappa shape index (κ1) is 15.1. The molecule has 0 bridgehead atoms. The summed E-state index contributed by atoms with van der Waals surface area (Å²) < 4.78 is 26.1. The normalized spacial score (nSPS) is 20.7. The van der Waals surface area contributed by atoms with Crippen molar-refractivity contribution >= 4 is 51.1 Å². The van der Waals surface area contributed by atoms with Crippen molar-refractivity contribution in [2.24, 2.45) is 5.92 Å². The minimum atomic E-state index is -3.81. The average Bonchev–Trinajstić information content (AvgIpc) is 2.75. The van der Waals surface area contributed by atoms with Gasteiger partial charge in [0.25, 0.3) is 0 Å². The van der Waals surface area contributed by atoms with Gasteiger partial charge in [0, 0.05) is 24.0 Å². The van der Waals surface area contributed by atoms with Gasteiger partial charge >= 0.3 is 0 Å². The van der Waals surface area contributed by atoms with Crippen molar-refractivity contribution in [2.45, 2.75) is 11.3 Å². The summed E-state index contributed by atoms with van der Waals surface area (Å²) >= 11 is 17.6. The molecule has 1 fully saturated rings. The van der Waals surface area contributed by atoms with E-state index >= 15 is 0 Å². The van der Waals surface area contributed by atoms with E-state index in [1.807, 2.05) is 0 Å². The fourth-order valence-corrected chi connectivity index (χ4v) is 4.99. The van der Waals surface area contributed by atoms with E-state index in [4.69, 9.17) is 34.8 Å². The predicted molar refractivity (Wildman–Crippen MR) is 74.4 cm³/mol. The van der Waals surface area contributed by atoms with Gasteiger partial charge in [-0.3, -0.25) is 0 Å². The molecule has 1 aromatic rings. The van der Waals surface area contributed by atoms with Gasteiger partial charge < -0.3 is 4.79 Å². The van der Waals surface area contributed by atoms with Crippen LogP contribution < -0.4 is 0 Å². The molecule has 1 aromatic carbocycles. The van der Waals surface area contributed by atoms with E-state index in [2.05, 4.69) is 0 Å². The summed E-state index contributed by atoms with van der Waals surface area (Å²) in [4.78, 5) is 10.5. The molecule has 4 nitrogen and oxygen atoms in total. The second kappa shape index (κ2) is 5.58. The number of rotatable bonds is 3. The number of aldehydes is 1. The first-order valence-corrected chi connectivity index (χ1v) is 8.03. The highest BCUT2D eigenvalue weighted by Gasteiger charge is 2.35. The summed E-state index contributed by atoms with van der Waals surface area (Å²) in [5.41, 5.74) is 0. The van der Waals surface area contributed by atoms with Crippen molar-refractivity contribution < 1.29 is 13.2 Å². The quantitative estimate of drug-likeness (QED) is 0.794. The Hall–Kier alpha value is -0.330. The van der Waals surface area contributed by atoms with Crippen LogP contribution in [0.25, 0.3) is 0 Å². The Morgan fingerprint density at radius 1 is 1.21 bits per heavy atom. The zero-order valence-electron chi connectivity index (χ0n) is 9.64. The summed E-state index contributed by atoms with van der Waals surface area (Å²) in [6.45, 7) is 0.433. The molecule has 1 heterocycles. The molecule has 0 N–H and O–H groups in total. The molecule has 0 saturated carbocycles. The van der Waals surface area contributed by atoms with E-state index in [1.165, 1.54) is 16.4 Å². The molecule has 104 valence electrons. The minimum absolute atomic E-state index is 0.0212. The van der Waals surface area contributed by atoms with Crippen LogP contribution in [0.3, 0.4) is 0 Å². The van der Waals surface area contributed by atoms with Crippen LogP contribution in [0.2, 0.25) is 15.1 Å². The Kier molecular flexibility index (Phi) is 4.42. The average molecular weight is 343 g/mol. The molecular weight excluding hydrogens is 333 g/mol. The SMILES string of the molecule is O=CC1CCN(S(=O)(=O)c2c(Cl)cc(Cl)cc2Cl)C1. The minimum Gasteiger partial charge on any atom is -0.303 e. The Morgan fingerprint density at radius 2 is 1.79 bits per heavy atom. The van der Waals surface area contributed by atoms with E-state index in [0.29, 0.717) is 6.42 Å². The molecule has 1 saturated heterocycles. The maximum absolute atomic E-state index is 12.4. The van der Waals surface area contributed by atoms with Crippen LogP contribution in [-0.4, -0.2) is 32.1 Å². The van der Waals surface area contributed by atoms with Gasteiger partial charge in [-0.2, -0.15) is 4.31 Å². The molecule has 0 spiro atoms. The van der Waals surface area contributed by atoms with Crippen molar-refractivity contribution in [1.82, 2.24) is 4.31 Å². The summed E-state index contributed by atoms with van der Waals surface area (Å²) in [6.07, 6.45) is 1.27. The summed E-state index contributed by atoms with van der Waals surface area (Å²) in [5, 5.41) is 0.222. The van der Waals surface area contributed by atoms with E-state index in [-0.39, 0.29) is 39.0 Å². The fraction of sp³-hybridized carbons (Fsp3) is 0.364. The van der Waals surface area contributed by atoms with Crippen LogP contribution in [-0.2, 0) is 14.8 Å². The third-order valence-electron chi connectivity index (χ3n) is 2.94. The summed E-state index contributed by atoms with van der Waals surface area (Å²) in [6, 6.07) is 2.66. The molecular formula is C11H10Cl3NO3S. The molecule has 1 atom stereocenters. The number of sulfonamides is 1. The van der Waals surface area contributed by atoms with Crippen LogP contribution in [0, 0.1) is 5.92 Å². The molecule has 8 heteroatoms. The summed E-state index contributed by atoms with van der Waals surface area (Å²) in [7, 11) is -3.81. The number of hydrogen-bond acceptors (Lipinski definition) is 3. The lowest BCUT2D eigenvalue weighted by atomic mass is 10.2. The van der Waals surface area contributed by atoms with Crippen LogP contribution in [0.4, 0.5) is 0 Å². The number of benzene rings is 1. The van der Waals surface area contributed by atoms with E-state index in [9.17, 15) is 13.2 Å². The first-order chi connectivity index (χ1) is 8.86. The van der Waals surface area contributed by atoms with Gasteiger partial charge in [-0.05, 0) is 18.6 Å². The van der Waals surface area contributed by atoms with E-state index < -0.39 is 10.0 Å². The Morgan fingerprint density at radius 3 is 2.26 bits per heavy atom. The molecule has 2 rings (SSSR count). The van der Waals surface area contributed by atoms with Crippen molar-refractivity contribution in [3.05, 3.63) is 27.2 Å². The zero-order chi connectivity index (χ0) is 14.2. The van der Waals surface area contributed by atoms with Crippen molar-refractivity contribution in [2.75, 3.05) is 13.1 Å². The maximum Gasteiger partial charge on any atom is 0.246 e. The number of hydrogen-bond donors (Lipinski definition) is 0. The molecule has 1 aliphatic rings. The molecule has 0 amide bonds. The molecule has 1 aliphatic heterocycles. The van der Waals surface area contributed by atoms with Gasteiger partial charge in [0.15, 0.2) is 0 Å². The third kappa shape index (κ3) is 2.90. The van der Waals surface area contributed by atoms with Gasteiger partial charge in [0.2, 0.25) is 10.0 Å². The van der Waals surface area contributed by atoms with Gasteiger partial charge in [-0.15, -0.1) is 0 Å². The molecule has 0 aromatic heterocycles. The largest absolute Gasteiger partial charge is 0.303 e. The highest BCUT2D eigenvalue weighted by atomic mass is 35.5. The summed E-state index contributed by atoms with van der Waals surface area (Å²) in [5.74, 6) is -0.278. The second-order valence-corrected chi connectivity index (χ2v) is 7.37. The number of halogens is 3. The fourth-order valence-electron chi connectivity index (χ4n) is 1.99. The molecule has 0 radical (unpaired) electrons. The lowest BCUT2D eigenvalue weighted by Crippen LogP contribution is -2.29. The van der Waals surface area contributed by atoms with E-state index in [1.54, 1.807) is 0 Å². The van der Waals surface area contributed by atoms with Crippen molar-refractivity contribution in [3.8, 4) is 0 Å². The highest BCUT2D eigenvalue weighted by Crippen LogP contribution is 2.35.